The zero-order chi connectivity index (χ0) is 19.4. The van der Waals surface area contributed by atoms with Crippen molar-refractivity contribution in [2.24, 2.45) is 0 Å². The van der Waals surface area contributed by atoms with Crippen molar-refractivity contribution in [1.29, 1.82) is 0 Å². The van der Waals surface area contributed by atoms with Gasteiger partial charge >= 0.3 is 0 Å². The molecule has 7 nitrogen and oxygen atoms in total. The van der Waals surface area contributed by atoms with Crippen LogP contribution < -0.4 is 10.2 Å². The number of nitrogens with one attached hydrogen (secondary N) is 1. The Morgan fingerprint density at radius 1 is 1.15 bits per heavy atom. The molecule has 142 valence electrons. The monoisotopic (exact) mass is 368 g/mol. The molecule has 1 fully saturated rings. The second-order valence-electron chi connectivity index (χ2n) is 6.59. The fraction of sp³-hybridized carbons (Fsp3) is 0.350. The van der Waals surface area contributed by atoms with Crippen LogP contribution >= 0.6 is 0 Å². The third kappa shape index (κ3) is 4.02. The van der Waals surface area contributed by atoms with Crippen LogP contribution in [0, 0.1) is 17.0 Å². The van der Waals surface area contributed by atoms with Crippen LogP contribution in [-0.4, -0.2) is 48.5 Å². The number of carbonyl (C=O) groups is 1. The summed E-state index contributed by atoms with van der Waals surface area (Å²) in [7, 11) is 0. The molecule has 1 aliphatic heterocycles. The highest BCUT2D eigenvalue weighted by Crippen LogP contribution is 2.27. The number of benzene rings is 2. The molecule has 0 radical (unpaired) electrons. The lowest BCUT2D eigenvalue weighted by Crippen LogP contribution is -2.49. The Morgan fingerprint density at radius 3 is 2.48 bits per heavy atom. The molecule has 7 heteroatoms. The molecule has 0 spiro atoms. The highest BCUT2D eigenvalue weighted by Gasteiger charge is 2.25. The first kappa shape index (κ1) is 18.7. The Hall–Kier alpha value is -3.09. The van der Waals surface area contributed by atoms with E-state index in [0.29, 0.717) is 30.9 Å². The normalized spacial score (nSPS) is 14.1. The third-order valence-corrected chi connectivity index (χ3v) is 4.83. The minimum atomic E-state index is -0.453. The number of carbonyl (C=O) groups excluding carboxylic acids is 1. The summed E-state index contributed by atoms with van der Waals surface area (Å²) in [5, 5.41) is 14.3. The van der Waals surface area contributed by atoms with Gasteiger partial charge in [-0.05, 0) is 37.6 Å². The zero-order valence-electron chi connectivity index (χ0n) is 15.6. The molecule has 27 heavy (non-hydrogen) atoms. The average Bonchev–Trinajstić information content (AvgIpc) is 2.68. The topological polar surface area (TPSA) is 78.7 Å². The second-order valence-corrected chi connectivity index (χ2v) is 6.59. The summed E-state index contributed by atoms with van der Waals surface area (Å²) in [6.45, 7) is 7.21. The van der Waals surface area contributed by atoms with Crippen LogP contribution in [0.5, 0.6) is 0 Å². The SMILES string of the molecule is CCNc1ccc(C(=O)N2CCN(c3ccccc3C)CC2)cc1[N+](=O)[O-]. The lowest BCUT2D eigenvalue weighted by molar-refractivity contribution is -0.384. The number of para-hydroxylation sites is 1. The Labute approximate surface area is 158 Å². The molecule has 0 aromatic heterocycles. The standard InChI is InChI=1S/C20H24N4O3/c1-3-21-17-9-8-16(14-19(17)24(26)27)20(25)23-12-10-22(11-13-23)18-7-5-4-6-15(18)2/h4-9,14,21H,3,10-13H2,1-2H3. The van der Waals surface area contributed by atoms with Gasteiger partial charge in [0.1, 0.15) is 5.69 Å². The number of piperazine rings is 1. The second kappa shape index (κ2) is 8.07. The summed E-state index contributed by atoms with van der Waals surface area (Å²) in [4.78, 5) is 27.7. The van der Waals surface area contributed by atoms with Crippen molar-refractivity contribution >= 4 is 23.0 Å². The van der Waals surface area contributed by atoms with Crippen molar-refractivity contribution in [2.75, 3.05) is 42.9 Å². The molecule has 0 atom stereocenters. The van der Waals surface area contributed by atoms with E-state index in [0.717, 1.165) is 13.1 Å². The van der Waals surface area contributed by atoms with E-state index < -0.39 is 4.92 Å². The van der Waals surface area contributed by atoms with Crippen molar-refractivity contribution in [1.82, 2.24) is 4.90 Å². The van der Waals surface area contributed by atoms with Crippen LogP contribution in [0.1, 0.15) is 22.8 Å². The zero-order valence-corrected chi connectivity index (χ0v) is 15.6. The smallest absolute Gasteiger partial charge is 0.293 e. The minimum absolute atomic E-state index is 0.0683. The number of rotatable bonds is 5. The van der Waals surface area contributed by atoms with Gasteiger partial charge in [-0.25, -0.2) is 0 Å². The first-order valence-electron chi connectivity index (χ1n) is 9.13. The van der Waals surface area contributed by atoms with Gasteiger partial charge in [0.05, 0.1) is 4.92 Å². The van der Waals surface area contributed by atoms with E-state index in [2.05, 4.69) is 29.3 Å². The summed E-state index contributed by atoms with van der Waals surface area (Å²) in [5.41, 5.74) is 3.12. The number of nitrogens with zero attached hydrogens (tertiary/aromatic N) is 3. The first-order valence-corrected chi connectivity index (χ1v) is 9.13. The predicted octanol–water partition coefficient (Wildman–Crippen LogP) is 3.30. The van der Waals surface area contributed by atoms with Crippen molar-refractivity contribution < 1.29 is 9.72 Å². The van der Waals surface area contributed by atoms with Crippen molar-refractivity contribution in [3.8, 4) is 0 Å². The Morgan fingerprint density at radius 2 is 1.85 bits per heavy atom. The lowest BCUT2D eigenvalue weighted by atomic mass is 10.1. The van der Waals surface area contributed by atoms with Gasteiger partial charge in [-0.3, -0.25) is 14.9 Å². The maximum Gasteiger partial charge on any atom is 0.293 e. The largest absolute Gasteiger partial charge is 0.380 e. The highest BCUT2D eigenvalue weighted by atomic mass is 16.6. The van der Waals surface area contributed by atoms with Crippen LogP contribution in [-0.2, 0) is 0 Å². The van der Waals surface area contributed by atoms with Gasteiger partial charge in [0.15, 0.2) is 0 Å². The molecule has 1 N–H and O–H groups in total. The summed E-state index contributed by atoms with van der Waals surface area (Å²) >= 11 is 0. The number of amides is 1. The minimum Gasteiger partial charge on any atom is -0.380 e. The fourth-order valence-electron chi connectivity index (χ4n) is 3.41. The molecule has 0 aliphatic carbocycles. The lowest BCUT2D eigenvalue weighted by Gasteiger charge is -2.36. The van der Waals surface area contributed by atoms with Crippen LogP contribution in [0.4, 0.5) is 17.1 Å². The molecule has 1 heterocycles. The summed E-state index contributed by atoms with van der Waals surface area (Å²) in [6, 6.07) is 12.8. The third-order valence-electron chi connectivity index (χ3n) is 4.83. The molecule has 1 aliphatic rings. The molecule has 1 amide bonds. The summed E-state index contributed by atoms with van der Waals surface area (Å²) < 4.78 is 0. The average molecular weight is 368 g/mol. The molecule has 3 rings (SSSR count). The van der Waals surface area contributed by atoms with Crippen molar-refractivity contribution in [3.63, 3.8) is 0 Å². The van der Waals surface area contributed by atoms with Crippen LogP contribution in [0.3, 0.4) is 0 Å². The van der Waals surface area contributed by atoms with E-state index in [9.17, 15) is 14.9 Å². The van der Waals surface area contributed by atoms with E-state index in [-0.39, 0.29) is 11.6 Å². The van der Waals surface area contributed by atoms with Gasteiger partial charge in [0.25, 0.3) is 11.6 Å². The number of nitro benzene ring substituents is 1. The molecule has 0 saturated carbocycles. The van der Waals surface area contributed by atoms with Crippen LogP contribution in [0.2, 0.25) is 0 Å². The molecule has 2 aromatic rings. The Balaban J connectivity index is 1.71. The number of hydrogen-bond donors (Lipinski definition) is 1. The summed E-state index contributed by atoms with van der Waals surface area (Å²) in [5.74, 6) is -0.161. The number of hydrogen-bond acceptors (Lipinski definition) is 5. The maximum absolute atomic E-state index is 12.8. The van der Waals surface area contributed by atoms with E-state index >= 15 is 0 Å². The van der Waals surface area contributed by atoms with Crippen molar-refractivity contribution in [2.45, 2.75) is 13.8 Å². The molecular formula is C20H24N4O3. The molecule has 2 aromatic carbocycles. The van der Waals surface area contributed by atoms with E-state index in [1.807, 2.05) is 19.1 Å². The highest BCUT2D eigenvalue weighted by molar-refractivity contribution is 5.96. The number of aryl methyl sites for hydroxylation is 1. The Bertz CT molecular complexity index is 845. The fourth-order valence-corrected chi connectivity index (χ4v) is 3.41. The van der Waals surface area contributed by atoms with Gasteiger partial charge in [0, 0.05) is 50.0 Å². The molecule has 0 unspecified atom stereocenters. The molecule has 0 bridgehead atoms. The van der Waals surface area contributed by atoms with Gasteiger partial charge in [-0.1, -0.05) is 18.2 Å². The maximum atomic E-state index is 12.8. The number of anilines is 2. The van der Waals surface area contributed by atoms with E-state index in [4.69, 9.17) is 0 Å². The van der Waals surface area contributed by atoms with Gasteiger partial charge < -0.3 is 15.1 Å². The quantitative estimate of drug-likeness (QED) is 0.647. The van der Waals surface area contributed by atoms with E-state index in [1.165, 1.54) is 17.3 Å². The van der Waals surface area contributed by atoms with E-state index in [1.54, 1.807) is 17.0 Å². The first-order chi connectivity index (χ1) is 13.0. The van der Waals surface area contributed by atoms with Gasteiger partial charge in [0.2, 0.25) is 0 Å². The molecular weight excluding hydrogens is 344 g/mol. The van der Waals surface area contributed by atoms with Crippen LogP contribution in [0.25, 0.3) is 0 Å². The number of nitro groups is 1. The summed E-state index contributed by atoms with van der Waals surface area (Å²) in [6.07, 6.45) is 0. The predicted molar refractivity (Wildman–Crippen MR) is 107 cm³/mol. The Kier molecular flexibility index (Phi) is 5.59. The molecule has 1 saturated heterocycles. The van der Waals surface area contributed by atoms with Crippen molar-refractivity contribution in [3.05, 3.63) is 63.7 Å². The van der Waals surface area contributed by atoms with Gasteiger partial charge in [-0.2, -0.15) is 0 Å². The van der Waals surface area contributed by atoms with Crippen LogP contribution in [0.15, 0.2) is 42.5 Å². The van der Waals surface area contributed by atoms with Gasteiger partial charge in [-0.15, -0.1) is 0 Å².